The minimum absolute atomic E-state index is 0.00488. The Bertz CT molecular complexity index is 1470. The molecular formula is C29H32ClNO9. The Labute approximate surface area is 235 Å². The highest BCUT2D eigenvalue weighted by Gasteiger charge is 2.75. The fourth-order valence-corrected chi connectivity index (χ4v) is 8.57. The van der Waals surface area contributed by atoms with Crippen LogP contribution in [0, 0.1) is 34.5 Å². The van der Waals surface area contributed by atoms with Gasteiger partial charge >= 0.3 is 0 Å². The summed E-state index contributed by atoms with van der Waals surface area (Å²) in [6.07, 6.45) is -2.14. The number of nitrogens with two attached hydrogens (primary N) is 1. The van der Waals surface area contributed by atoms with Crippen molar-refractivity contribution in [1.29, 1.82) is 0 Å². The van der Waals surface area contributed by atoms with E-state index in [9.17, 15) is 39.6 Å². The third-order valence-corrected chi connectivity index (χ3v) is 9.99. The average molecular weight is 574 g/mol. The van der Waals surface area contributed by atoms with Gasteiger partial charge in [0, 0.05) is 11.0 Å². The first-order valence-electron chi connectivity index (χ1n) is 13.1. The lowest BCUT2D eigenvalue weighted by atomic mass is 9.39. The fourth-order valence-electron chi connectivity index (χ4n) is 8.42. The van der Waals surface area contributed by atoms with Gasteiger partial charge in [0.1, 0.15) is 23.5 Å². The first-order chi connectivity index (χ1) is 18.5. The van der Waals surface area contributed by atoms with Gasteiger partial charge in [0.15, 0.2) is 17.2 Å². The second-order valence-electron chi connectivity index (χ2n) is 12.4. The van der Waals surface area contributed by atoms with Crippen molar-refractivity contribution in [3.63, 3.8) is 0 Å². The molecule has 8 atom stereocenters. The summed E-state index contributed by atoms with van der Waals surface area (Å²) >= 11 is 5.75. The molecule has 1 aromatic carbocycles. The SMILES string of the molecule is CC(C)[C@H]1C(O)[C@@H](C(N)=O)C(=O)[C@]2(O)C(O)[C@H]3C(=O)c4c(O)ccc(-c5occc5C(=O)Cl)c4C[C@]3(C)C[C@]12C. The summed E-state index contributed by atoms with van der Waals surface area (Å²) in [5.41, 5.74) is 0.960. The summed E-state index contributed by atoms with van der Waals surface area (Å²) in [6.45, 7) is 6.87. The number of aromatic hydroxyl groups is 1. The fraction of sp³-hybridized carbons (Fsp3) is 0.517. The van der Waals surface area contributed by atoms with Crippen LogP contribution in [0.3, 0.4) is 0 Å². The number of Topliss-reactive ketones (excluding diaryl/α,β-unsaturated/α-hetero) is 2. The van der Waals surface area contributed by atoms with E-state index >= 15 is 0 Å². The summed E-state index contributed by atoms with van der Waals surface area (Å²) in [7, 11) is 0. The van der Waals surface area contributed by atoms with Gasteiger partial charge in [-0.15, -0.1) is 0 Å². The van der Waals surface area contributed by atoms with E-state index in [4.69, 9.17) is 21.8 Å². The van der Waals surface area contributed by atoms with Crippen LogP contribution in [-0.2, 0) is 16.0 Å². The van der Waals surface area contributed by atoms with E-state index in [0.717, 1.165) is 0 Å². The molecule has 10 nitrogen and oxygen atoms in total. The van der Waals surface area contributed by atoms with E-state index in [0.29, 0.717) is 11.1 Å². The lowest BCUT2D eigenvalue weighted by Gasteiger charge is -2.66. The summed E-state index contributed by atoms with van der Waals surface area (Å²) in [4.78, 5) is 52.2. The molecule has 2 aromatic rings. The number of ketones is 2. The van der Waals surface area contributed by atoms with Crippen LogP contribution in [0.5, 0.6) is 5.75 Å². The van der Waals surface area contributed by atoms with Crippen LogP contribution in [0.15, 0.2) is 28.9 Å². The van der Waals surface area contributed by atoms with Crippen LogP contribution in [-0.4, -0.2) is 61.0 Å². The van der Waals surface area contributed by atoms with Crippen molar-refractivity contribution in [1.82, 2.24) is 0 Å². The number of phenolic OH excluding ortho intramolecular Hbond substituents is 1. The molecule has 1 heterocycles. The second-order valence-corrected chi connectivity index (χ2v) is 12.7. The molecule has 0 bridgehead atoms. The number of primary amides is 1. The van der Waals surface area contributed by atoms with Gasteiger partial charge in [0.25, 0.3) is 5.24 Å². The average Bonchev–Trinajstić information content (AvgIpc) is 3.31. The molecule has 6 N–H and O–H groups in total. The number of furan rings is 1. The van der Waals surface area contributed by atoms with Gasteiger partial charge in [-0.1, -0.05) is 27.7 Å². The number of carbonyl (C=O) groups excluding carboxylic acids is 4. The van der Waals surface area contributed by atoms with E-state index in [1.807, 2.05) is 0 Å². The number of rotatable bonds is 4. The summed E-state index contributed by atoms with van der Waals surface area (Å²) < 4.78 is 5.57. The van der Waals surface area contributed by atoms with Gasteiger partial charge < -0.3 is 30.6 Å². The van der Waals surface area contributed by atoms with Gasteiger partial charge in [0.2, 0.25) is 5.91 Å². The maximum atomic E-state index is 14.1. The van der Waals surface area contributed by atoms with Crippen LogP contribution in [0.4, 0.5) is 0 Å². The number of halogens is 1. The molecule has 0 radical (unpaired) electrons. The highest BCUT2D eigenvalue weighted by molar-refractivity contribution is 6.68. The normalized spacial score (nSPS) is 37.1. The standard InChI is InChI=1S/C29H32ClNO9/c1-11(2)18-21(34)17(26(31)38)23(35)29(39)24(36)19-20(33)16-14(9-27(19,3)10-28(18,29)4)12(5-6-15(16)32)22-13(25(30)37)7-8-40-22/h5-8,11,17-19,21,24,32,34,36,39H,9-10H2,1-4H3,(H2,31,38)/t17-,18+,19-,21?,24?,27-,28-,29+/m1/s1. The molecule has 1 aromatic heterocycles. The van der Waals surface area contributed by atoms with Gasteiger partial charge in [-0.25, -0.2) is 0 Å². The van der Waals surface area contributed by atoms with Crippen LogP contribution in [0.2, 0.25) is 0 Å². The molecule has 214 valence electrons. The smallest absolute Gasteiger partial charge is 0.256 e. The van der Waals surface area contributed by atoms with Crippen molar-refractivity contribution in [3.05, 3.63) is 41.2 Å². The molecule has 3 aliphatic carbocycles. The number of carbonyl (C=O) groups is 4. The van der Waals surface area contributed by atoms with E-state index < -0.39 is 69.1 Å². The molecule has 5 rings (SSSR count). The van der Waals surface area contributed by atoms with E-state index in [1.165, 1.54) is 24.5 Å². The maximum absolute atomic E-state index is 14.1. The third kappa shape index (κ3) is 3.46. The van der Waals surface area contributed by atoms with Crippen molar-refractivity contribution < 1.29 is 44.0 Å². The van der Waals surface area contributed by atoms with Crippen molar-refractivity contribution in [2.75, 3.05) is 0 Å². The number of fused-ring (bicyclic) bond motifs is 3. The third-order valence-electron chi connectivity index (χ3n) is 9.79. The maximum Gasteiger partial charge on any atom is 0.256 e. The zero-order chi connectivity index (χ0) is 29.7. The zero-order valence-corrected chi connectivity index (χ0v) is 23.2. The van der Waals surface area contributed by atoms with Gasteiger partial charge in [0.05, 0.1) is 29.4 Å². The number of aliphatic hydroxyl groups excluding tert-OH is 2. The number of hydrogen-bond donors (Lipinski definition) is 5. The minimum atomic E-state index is -2.59. The number of amides is 1. The Morgan fingerprint density at radius 1 is 1.15 bits per heavy atom. The molecule has 0 aliphatic heterocycles. The predicted octanol–water partition coefficient (Wildman–Crippen LogP) is 2.21. The first-order valence-corrected chi connectivity index (χ1v) is 13.5. The van der Waals surface area contributed by atoms with Gasteiger partial charge in [-0.2, -0.15) is 0 Å². The zero-order valence-electron chi connectivity index (χ0n) is 22.5. The summed E-state index contributed by atoms with van der Waals surface area (Å²) in [5, 5.41) is 45.2. The Morgan fingerprint density at radius 3 is 2.38 bits per heavy atom. The quantitative estimate of drug-likeness (QED) is 0.270. The molecule has 2 fully saturated rings. The van der Waals surface area contributed by atoms with Gasteiger partial charge in [-0.3, -0.25) is 19.2 Å². The van der Waals surface area contributed by atoms with Crippen molar-refractivity contribution in [2.24, 2.45) is 40.2 Å². The van der Waals surface area contributed by atoms with Crippen LogP contribution >= 0.6 is 11.6 Å². The highest BCUT2D eigenvalue weighted by Crippen LogP contribution is 2.66. The van der Waals surface area contributed by atoms with Crippen molar-refractivity contribution in [3.8, 4) is 17.1 Å². The first kappa shape index (κ1) is 28.5. The molecule has 40 heavy (non-hydrogen) atoms. The second kappa shape index (κ2) is 8.97. The van der Waals surface area contributed by atoms with E-state index in [1.54, 1.807) is 27.7 Å². The van der Waals surface area contributed by atoms with Gasteiger partial charge in [-0.05, 0) is 65.5 Å². The van der Waals surface area contributed by atoms with E-state index in [2.05, 4.69) is 0 Å². The van der Waals surface area contributed by atoms with Crippen molar-refractivity contribution in [2.45, 2.75) is 58.3 Å². The molecule has 2 unspecified atom stereocenters. The molecule has 11 heteroatoms. The molecule has 1 amide bonds. The largest absolute Gasteiger partial charge is 0.507 e. The highest BCUT2D eigenvalue weighted by atomic mass is 35.5. The number of aliphatic hydroxyl groups is 3. The Balaban J connectivity index is 1.74. The van der Waals surface area contributed by atoms with Crippen LogP contribution in [0.1, 0.15) is 60.4 Å². The summed E-state index contributed by atoms with van der Waals surface area (Å²) in [6, 6.07) is 4.16. The number of hydrogen-bond acceptors (Lipinski definition) is 9. The predicted molar refractivity (Wildman–Crippen MR) is 141 cm³/mol. The monoisotopic (exact) mass is 573 g/mol. The van der Waals surface area contributed by atoms with E-state index in [-0.39, 0.29) is 41.4 Å². The minimum Gasteiger partial charge on any atom is -0.507 e. The Hall–Kier alpha value is -3.05. The lowest BCUT2D eigenvalue weighted by molar-refractivity contribution is -0.265. The number of phenols is 1. The molecule has 3 aliphatic rings. The van der Waals surface area contributed by atoms with Crippen molar-refractivity contribution >= 4 is 34.3 Å². The molecule has 2 saturated carbocycles. The summed E-state index contributed by atoms with van der Waals surface area (Å²) in [5.74, 6) is -7.60. The topological polar surface area (TPSA) is 188 Å². The lowest BCUT2D eigenvalue weighted by Crippen LogP contribution is -2.79. The molecular weight excluding hydrogens is 542 g/mol. The van der Waals surface area contributed by atoms with Crippen LogP contribution in [0.25, 0.3) is 11.3 Å². The van der Waals surface area contributed by atoms with Crippen LogP contribution < -0.4 is 5.73 Å². The molecule has 0 saturated heterocycles. The number of benzene rings is 1. The Kier molecular flexibility index (Phi) is 6.39. The Morgan fingerprint density at radius 2 is 1.80 bits per heavy atom. The molecule has 0 spiro atoms.